The summed E-state index contributed by atoms with van der Waals surface area (Å²) < 4.78 is 5.56. The number of hydrogen-bond donors (Lipinski definition) is 1. The number of aryl methyl sites for hydroxylation is 1. The third-order valence-electron chi connectivity index (χ3n) is 3.49. The van der Waals surface area contributed by atoms with Crippen LogP contribution in [-0.4, -0.2) is 30.0 Å². The summed E-state index contributed by atoms with van der Waals surface area (Å²) >= 11 is 0. The van der Waals surface area contributed by atoms with Gasteiger partial charge >= 0.3 is 0 Å². The lowest BCUT2D eigenvalue weighted by atomic mass is 10.1. The van der Waals surface area contributed by atoms with Crippen LogP contribution in [0, 0.1) is 12.8 Å². The van der Waals surface area contributed by atoms with E-state index in [-0.39, 0.29) is 0 Å². The Labute approximate surface area is 114 Å². The molecule has 0 aliphatic rings. The summed E-state index contributed by atoms with van der Waals surface area (Å²) in [5.41, 5.74) is 8.80. The second-order valence-corrected chi connectivity index (χ2v) is 5.24. The van der Waals surface area contributed by atoms with E-state index in [9.17, 15) is 0 Å². The molecule has 4 heteroatoms. The molecule has 0 aliphatic heterocycles. The molecule has 4 nitrogen and oxygen atoms in total. The number of hydrogen-bond acceptors (Lipinski definition) is 4. The summed E-state index contributed by atoms with van der Waals surface area (Å²) in [6.45, 7) is 6.75. The largest absolute Gasteiger partial charge is 0.441 e. The second-order valence-electron chi connectivity index (χ2n) is 5.24. The van der Waals surface area contributed by atoms with E-state index >= 15 is 0 Å². The molecule has 2 aromatic rings. The van der Waals surface area contributed by atoms with Crippen molar-refractivity contribution in [1.29, 1.82) is 0 Å². The van der Waals surface area contributed by atoms with Crippen molar-refractivity contribution in [3.63, 3.8) is 0 Å². The fourth-order valence-electron chi connectivity index (χ4n) is 2.37. The monoisotopic (exact) mass is 261 g/mol. The van der Waals surface area contributed by atoms with Crippen LogP contribution in [0.15, 0.2) is 22.6 Å². The summed E-state index contributed by atoms with van der Waals surface area (Å²) in [5.74, 6) is 1.29. The van der Waals surface area contributed by atoms with Gasteiger partial charge in [0.15, 0.2) is 11.5 Å². The third kappa shape index (κ3) is 3.55. The Morgan fingerprint density at radius 1 is 1.42 bits per heavy atom. The van der Waals surface area contributed by atoms with Crippen LogP contribution in [0.5, 0.6) is 0 Å². The number of benzene rings is 1. The fourth-order valence-corrected chi connectivity index (χ4v) is 2.37. The molecule has 19 heavy (non-hydrogen) atoms. The van der Waals surface area contributed by atoms with Gasteiger partial charge in [-0.15, -0.1) is 0 Å². The second kappa shape index (κ2) is 6.17. The normalized spacial score (nSPS) is 13.3. The molecule has 0 saturated carbocycles. The van der Waals surface area contributed by atoms with Gasteiger partial charge in [0.25, 0.3) is 0 Å². The zero-order valence-electron chi connectivity index (χ0n) is 12.0. The quantitative estimate of drug-likeness (QED) is 0.868. The van der Waals surface area contributed by atoms with Gasteiger partial charge in [0, 0.05) is 20.0 Å². The fraction of sp³-hybridized carbons (Fsp3) is 0.533. The molecule has 1 aromatic heterocycles. The number of rotatable bonds is 6. The van der Waals surface area contributed by atoms with Gasteiger partial charge in [-0.1, -0.05) is 19.4 Å². The highest BCUT2D eigenvalue weighted by molar-refractivity contribution is 5.73. The van der Waals surface area contributed by atoms with Crippen molar-refractivity contribution in [2.24, 2.45) is 11.7 Å². The van der Waals surface area contributed by atoms with E-state index in [0.29, 0.717) is 5.92 Å². The van der Waals surface area contributed by atoms with E-state index in [1.165, 1.54) is 5.56 Å². The van der Waals surface area contributed by atoms with Crippen LogP contribution in [0.3, 0.4) is 0 Å². The number of aromatic nitrogens is 1. The first kappa shape index (κ1) is 14.0. The smallest absolute Gasteiger partial charge is 0.192 e. The number of nitrogens with zero attached hydrogens (tertiary/aromatic N) is 2. The molecule has 1 atom stereocenters. The van der Waals surface area contributed by atoms with Crippen LogP contribution in [0.1, 0.15) is 24.8 Å². The topological polar surface area (TPSA) is 55.3 Å². The maximum Gasteiger partial charge on any atom is 0.192 e. The summed E-state index contributed by atoms with van der Waals surface area (Å²) in [5, 5.41) is 0. The van der Waals surface area contributed by atoms with Crippen molar-refractivity contribution in [3.05, 3.63) is 29.7 Å². The van der Waals surface area contributed by atoms with E-state index in [4.69, 9.17) is 10.2 Å². The predicted molar refractivity (Wildman–Crippen MR) is 77.9 cm³/mol. The lowest BCUT2D eigenvalue weighted by Gasteiger charge is -2.22. The highest BCUT2D eigenvalue weighted by Crippen LogP contribution is 2.18. The molecule has 0 radical (unpaired) electrons. The van der Waals surface area contributed by atoms with Crippen LogP contribution < -0.4 is 5.73 Å². The minimum Gasteiger partial charge on any atom is -0.441 e. The Morgan fingerprint density at radius 2 is 2.21 bits per heavy atom. The Morgan fingerprint density at radius 3 is 2.89 bits per heavy atom. The maximum absolute atomic E-state index is 5.75. The van der Waals surface area contributed by atoms with Gasteiger partial charge in [-0.2, -0.15) is 0 Å². The van der Waals surface area contributed by atoms with Crippen molar-refractivity contribution < 1.29 is 4.42 Å². The Balaban J connectivity index is 2.03. The number of nitrogens with two attached hydrogens (primary N) is 1. The molecule has 0 saturated heterocycles. The highest BCUT2D eigenvalue weighted by atomic mass is 16.3. The molecule has 0 fully saturated rings. The van der Waals surface area contributed by atoms with E-state index in [1.54, 1.807) is 0 Å². The van der Waals surface area contributed by atoms with Gasteiger partial charge in [0.1, 0.15) is 5.52 Å². The van der Waals surface area contributed by atoms with Gasteiger partial charge in [-0.05, 0) is 37.2 Å². The minimum absolute atomic E-state index is 0.571. The van der Waals surface area contributed by atoms with Crippen molar-refractivity contribution in [2.75, 3.05) is 20.1 Å². The summed E-state index contributed by atoms with van der Waals surface area (Å²) in [6, 6.07) is 6.22. The van der Waals surface area contributed by atoms with Gasteiger partial charge in [0.05, 0.1) is 0 Å². The molecular formula is C15H23N3O. The van der Waals surface area contributed by atoms with Gasteiger partial charge in [-0.3, -0.25) is 0 Å². The lowest BCUT2D eigenvalue weighted by Crippen LogP contribution is -2.29. The Kier molecular flexibility index (Phi) is 4.56. The van der Waals surface area contributed by atoms with Crippen molar-refractivity contribution in [2.45, 2.75) is 26.8 Å². The molecule has 104 valence electrons. The highest BCUT2D eigenvalue weighted by Gasteiger charge is 2.09. The first-order valence-corrected chi connectivity index (χ1v) is 6.87. The molecule has 0 aliphatic carbocycles. The van der Waals surface area contributed by atoms with E-state index in [1.807, 2.05) is 13.0 Å². The first-order chi connectivity index (χ1) is 9.12. The van der Waals surface area contributed by atoms with Gasteiger partial charge < -0.3 is 15.1 Å². The third-order valence-corrected chi connectivity index (χ3v) is 3.49. The molecule has 1 heterocycles. The molecule has 2 rings (SSSR count). The predicted octanol–water partition coefficient (Wildman–Crippen LogP) is 2.55. The van der Waals surface area contributed by atoms with Crippen LogP contribution in [0.25, 0.3) is 11.1 Å². The van der Waals surface area contributed by atoms with Crippen LogP contribution >= 0.6 is 0 Å². The molecule has 1 unspecified atom stereocenters. The summed E-state index contributed by atoms with van der Waals surface area (Å²) in [7, 11) is 2.13. The van der Waals surface area contributed by atoms with Gasteiger partial charge in [-0.25, -0.2) is 4.98 Å². The van der Waals surface area contributed by atoms with Gasteiger partial charge in [0.2, 0.25) is 0 Å². The van der Waals surface area contributed by atoms with Crippen LogP contribution in [0.2, 0.25) is 0 Å². The Bertz CT molecular complexity index is 531. The molecule has 0 spiro atoms. The average Bonchev–Trinajstić information content (AvgIpc) is 2.75. The Hall–Kier alpha value is -1.39. The minimum atomic E-state index is 0.571. The van der Waals surface area contributed by atoms with Crippen LogP contribution in [0.4, 0.5) is 0 Å². The zero-order valence-corrected chi connectivity index (χ0v) is 12.0. The van der Waals surface area contributed by atoms with Crippen molar-refractivity contribution >= 4 is 11.1 Å². The summed E-state index contributed by atoms with van der Waals surface area (Å²) in [4.78, 5) is 6.62. The number of fused-ring (bicyclic) bond motifs is 1. The van der Waals surface area contributed by atoms with E-state index in [0.717, 1.165) is 43.0 Å². The SMILES string of the molecule is CCC(CN)CN(C)Cc1ccc2nc(C)oc2c1. The summed E-state index contributed by atoms with van der Waals surface area (Å²) in [6.07, 6.45) is 1.13. The zero-order chi connectivity index (χ0) is 13.8. The lowest BCUT2D eigenvalue weighted by molar-refractivity contribution is 0.268. The molecule has 0 amide bonds. The molecule has 1 aromatic carbocycles. The molecule has 0 bridgehead atoms. The standard InChI is InChI=1S/C15H23N3O/c1-4-12(8-16)9-18(3)10-13-5-6-14-15(7-13)19-11(2)17-14/h5-7,12H,4,8-10,16H2,1-3H3. The maximum atomic E-state index is 5.75. The molecular weight excluding hydrogens is 238 g/mol. The molecule has 2 N–H and O–H groups in total. The first-order valence-electron chi connectivity index (χ1n) is 6.87. The van der Waals surface area contributed by atoms with E-state index < -0.39 is 0 Å². The number of oxazole rings is 1. The average molecular weight is 261 g/mol. The van der Waals surface area contributed by atoms with Crippen molar-refractivity contribution in [1.82, 2.24) is 9.88 Å². The van der Waals surface area contributed by atoms with Crippen molar-refractivity contribution in [3.8, 4) is 0 Å². The van der Waals surface area contributed by atoms with E-state index in [2.05, 4.69) is 36.0 Å². The van der Waals surface area contributed by atoms with Crippen LogP contribution in [-0.2, 0) is 6.54 Å².